The summed E-state index contributed by atoms with van der Waals surface area (Å²) in [6, 6.07) is 6.33. The van der Waals surface area contributed by atoms with Gasteiger partial charge in [0.1, 0.15) is 28.6 Å². The van der Waals surface area contributed by atoms with E-state index in [0.29, 0.717) is 41.1 Å². The van der Waals surface area contributed by atoms with Crippen molar-refractivity contribution in [2.75, 3.05) is 20.3 Å². The van der Waals surface area contributed by atoms with E-state index in [1.165, 1.54) is 13.2 Å². The Kier molecular flexibility index (Phi) is 3.05. The maximum absolute atomic E-state index is 13.0. The molecule has 0 saturated carbocycles. The lowest BCUT2D eigenvalue weighted by Crippen LogP contribution is -2.37. The van der Waals surface area contributed by atoms with Crippen LogP contribution in [0.3, 0.4) is 0 Å². The van der Waals surface area contributed by atoms with E-state index in [0.717, 1.165) is 0 Å². The van der Waals surface area contributed by atoms with E-state index in [-0.39, 0.29) is 34.9 Å². The number of phenols is 1. The van der Waals surface area contributed by atoms with Crippen LogP contribution in [-0.4, -0.2) is 42.2 Å². The van der Waals surface area contributed by atoms with Crippen LogP contribution in [0.1, 0.15) is 5.56 Å². The molecule has 3 heterocycles. The summed E-state index contributed by atoms with van der Waals surface area (Å²) < 4.78 is 22.7. The van der Waals surface area contributed by atoms with Gasteiger partial charge in [-0.15, -0.1) is 0 Å². The number of rotatable bonds is 3. The molecule has 0 spiro atoms. The molecule has 134 valence electrons. The number of fused-ring (bicyclic) bond motifs is 4. The number of methoxy groups -OCH3 is 1. The van der Waals surface area contributed by atoms with Crippen molar-refractivity contribution in [2.45, 2.75) is 18.1 Å². The molecule has 7 nitrogen and oxygen atoms in total. The molecule has 26 heavy (non-hydrogen) atoms. The fraction of sp³-hybridized carbons (Fsp3) is 0.316. The second-order valence-electron chi connectivity index (χ2n) is 6.67. The van der Waals surface area contributed by atoms with Crippen molar-refractivity contribution < 1.29 is 28.8 Å². The van der Waals surface area contributed by atoms with Crippen molar-refractivity contribution in [1.29, 1.82) is 0 Å². The van der Waals surface area contributed by atoms with Crippen molar-refractivity contribution in [1.82, 2.24) is 0 Å². The van der Waals surface area contributed by atoms with Crippen molar-refractivity contribution in [3.63, 3.8) is 0 Å². The Hall–Kier alpha value is -2.77. The quantitative estimate of drug-likeness (QED) is 0.544. The number of ether oxygens (including phenoxy) is 3. The summed E-state index contributed by atoms with van der Waals surface area (Å²) >= 11 is 0. The molecule has 5 rings (SSSR count). The van der Waals surface area contributed by atoms with Crippen molar-refractivity contribution in [3.8, 4) is 17.2 Å². The Bertz CT molecular complexity index is 1110. The minimum absolute atomic E-state index is 0.106. The van der Waals surface area contributed by atoms with E-state index in [1.807, 2.05) is 0 Å². The first-order valence-corrected chi connectivity index (χ1v) is 8.28. The van der Waals surface area contributed by atoms with Crippen LogP contribution in [0, 0.1) is 0 Å². The number of epoxide rings is 1. The molecule has 2 aliphatic heterocycles. The molecule has 1 fully saturated rings. The van der Waals surface area contributed by atoms with Gasteiger partial charge >= 0.3 is 0 Å². The largest absolute Gasteiger partial charge is 0.504 e. The normalized spacial score (nSPS) is 23.8. The zero-order valence-electron chi connectivity index (χ0n) is 13.9. The van der Waals surface area contributed by atoms with Crippen LogP contribution in [0.25, 0.3) is 21.9 Å². The average molecular weight is 356 g/mol. The van der Waals surface area contributed by atoms with Crippen LogP contribution in [0.5, 0.6) is 17.2 Å². The lowest BCUT2D eigenvalue weighted by molar-refractivity contribution is 0.0664. The smallest absolute Gasteiger partial charge is 0.204 e. The average Bonchev–Trinajstić information content (AvgIpc) is 3.33. The van der Waals surface area contributed by atoms with E-state index in [4.69, 9.17) is 18.6 Å². The van der Waals surface area contributed by atoms with E-state index in [2.05, 4.69) is 0 Å². The monoisotopic (exact) mass is 356 g/mol. The topological polar surface area (TPSA) is 102 Å². The second kappa shape index (κ2) is 5.12. The lowest BCUT2D eigenvalue weighted by Gasteiger charge is -2.16. The summed E-state index contributed by atoms with van der Waals surface area (Å²) in [6.45, 7) is 0.277. The van der Waals surface area contributed by atoms with Gasteiger partial charge in [-0.25, -0.2) is 0 Å². The predicted molar refractivity (Wildman–Crippen MR) is 92.1 cm³/mol. The molecule has 2 aromatic carbocycles. The van der Waals surface area contributed by atoms with Crippen LogP contribution in [0.2, 0.25) is 0 Å². The molecule has 2 aliphatic rings. The highest BCUT2D eigenvalue weighted by Crippen LogP contribution is 2.46. The van der Waals surface area contributed by atoms with Crippen LogP contribution in [-0.2, 0) is 11.2 Å². The van der Waals surface area contributed by atoms with Gasteiger partial charge in [0.15, 0.2) is 16.9 Å². The van der Waals surface area contributed by atoms with Crippen molar-refractivity contribution >= 4 is 21.9 Å². The number of benzene rings is 2. The molecule has 3 aromatic rings. The highest BCUT2D eigenvalue weighted by Gasteiger charge is 2.55. The number of aliphatic hydroxyl groups excluding tert-OH is 1. The molecule has 7 heteroatoms. The van der Waals surface area contributed by atoms with Gasteiger partial charge in [0, 0.05) is 18.1 Å². The zero-order valence-corrected chi connectivity index (χ0v) is 13.9. The fourth-order valence-corrected chi connectivity index (χ4v) is 3.63. The van der Waals surface area contributed by atoms with Gasteiger partial charge in [0.05, 0.1) is 25.7 Å². The van der Waals surface area contributed by atoms with E-state index in [9.17, 15) is 15.0 Å². The summed E-state index contributed by atoms with van der Waals surface area (Å²) in [5.74, 6) is 0.764. The molecule has 1 aromatic heterocycles. The summed E-state index contributed by atoms with van der Waals surface area (Å²) in [5.41, 5.74) is 0.173. The first-order valence-electron chi connectivity index (χ1n) is 8.28. The summed E-state index contributed by atoms with van der Waals surface area (Å²) in [4.78, 5) is 13.0. The van der Waals surface area contributed by atoms with E-state index in [1.54, 1.807) is 18.2 Å². The van der Waals surface area contributed by atoms with Gasteiger partial charge in [0.2, 0.25) is 5.43 Å². The molecular formula is C19H16O7. The number of hydrogen-bond acceptors (Lipinski definition) is 7. The second-order valence-corrected chi connectivity index (χ2v) is 6.67. The number of phenolic OH excluding ortho intramolecular Hbond substituents is 1. The first kappa shape index (κ1) is 15.5. The summed E-state index contributed by atoms with van der Waals surface area (Å²) in [7, 11) is 1.47. The van der Waals surface area contributed by atoms with Crippen LogP contribution < -0.4 is 14.9 Å². The Morgan fingerprint density at radius 3 is 2.85 bits per heavy atom. The molecule has 0 amide bonds. The molecule has 0 bridgehead atoms. The maximum Gasteiger partial charge on any atom is 0.204 e. The highest BCUT2D eigenvalue weighted by molar-refractivity contribution is 5.97. The van der Waals surface area contributed by atoms with Gasteiger partial charge in [-0.05, 0) is 12.1 Å². The molecule has 1 saturated heterocycles. The molecule has 0 radical (unpaired) electrons. The highest BCUT2D eigenvalue weighted by atomic mass is 16.6. The molecule has 2 N–H and O–H groups in total. The Morgan fingerprint density at radius 2 is 2.15 bits per heavy atom. The van der Waals surface area contributed by atoms with Crippen LogP contribution in [0.4, 0.5) is 0 Å². The number of para-hydroxylation sites is 1. The number of aromatic hydroxyl groups is 1. The summed E-state index contributed by atoms with van der Waals surface area (Å²) in [6.07, 6.45) is 0.0569. The van der Waals surface area contributed by atoms with Crippen LogP contribution >= 0.6 is 0 Å². The predicted octanol–water partition coefficient (Wildman–Crippen LogP) is 1.73. The van der Waals surface area contributed by atoms with Gasteiger partial charge in [-0.3, -0.25) is 4.79 Å². The third kappa shape index (κ3) is 1.92. The number of hydrogen-bond donors (Lipinski definition) is 2. The lowest BCUT2D eigenvalue weighted by atomic mass is 9.97. The standard InChI is InChI=1S/C19H16O7/c1-23-13-6-12-10(5-14(25-12)19(7-20)8-24-19)18-15(13)16(22)9-3-2-4-11(21)17(9)26-18/h2-4,6,14,20-21H,5,7-8H2,1H3. The van der Waals surface area contributed by atoms with Crippen molar-refractivity contribution in [2.24, 2.45) is 0 Å². The molecule has 2 atom stereocenters. The van der Waals surface area contributed by atoms with Gasteiger partial charge in [0.25, 0.3) is 0 Å². The minimum Gasteiger partial charge on any atom is -0.504 e. The Balaban J connectivity index is 1.81. The Labute approximate surface area is 147 Å². The van der Waals surface area contributed by atoms with Crippen LogP contribution in [0.15, 0.2) is 33.5 Å². The molecular weight excluding hydrogens is 340 g/mol. The molecule has 2 unspecified atom stereocenters. The maximum atomic E-state index is 13.0. The van der Waals surface area contributed by atoms with Gasteiger partial charge < -0.3 is 28.8 Å². The summed E-state index contributed by atoms with van der Waals surface area (Å²) in [5, 5.41) is 20.3. The third-order valence-corrected chi connectivity index (χ3v) is 5.23. The minimum atomic E-state index is -0.710. The van der Waals surface area contributed by atoms with E-state index < -0.39 is 5.60 Å². The van der Waals surface area contributed by atoms with Crippen molar-refractivity contribution in [3.05, 3.63) is 40.1 Å². The molecule has 0 aliphatic carbocycles. The van der Waals surface area contributed by atoms with Gasteiger partial charge in [-0.1, -0.05) is 6.07 Å². The fourth-order valence-electron chi connectivity index (χ4n) is 3.63. The van der Waals surface area contributed by atoms with Gasteiger partial charge in [-0.2, -0.15) is 0 Å². The first-order chi connectivity index (χ1) is 12.6. The zero-order chi connectivity index (χ0) is 18.1. The number of aliphatic hydroxyl groups is 1. The Morgan fingerprint density at radius 1 is 1.35 bits per heavy atom. The third-order valence-electron chi connectivity index (χ3n) is 5.23. The van der Waals surface area contributed by atoms with E-state index >= 15 is 0 Å². The SMILES string of the molecule is COc1cc2c(c3oc4c(O)cccc4c(=O)c13)CC(C1(CO)CO1)O2.